The number of aromatic nitrogens is 3. The van der Waals surface area contributed by atoms with Crippen LogP contribution in [0.2, 0.25) is 0 Å². The molecule has 1 fully saturated rings. The number of benzene rings is 1. The van der Waals surface area contributed by atoms with Gasteiger partial charge < -0.3 is 9.64 Å². The highest BCUT2D eigenvalue weighted by molar-refractivity contribution is 7.92. The van der Waals surface area contributed by atoms with E-state index >= 15 is 0 Å². The number of hydrogen-bond donors (Lipinski definition) is 1. The van der Waals surface area contributed by atoms with Crippen LogP contribution < -0.4 is 9.46 Å². The summed E-state index contributed by atoms with van der Waals surface area (Å²) in [7, 11) is 0.0409. The standard InChI is InChI=1S/C26H31F2N5O3S/c1-17-23(37(34,35)32-24-12-13-29-16-30-24)10-11-25(31-17)36-22-9-8-19(15-21(22)33(3)4)18-6-5-7-20(14-18)26(2,27)28/h5-7,10-14,16,19,21-22H,8-9,15H2,1-4H3,(H,29,30,32)/t19-,21-,22-/m0/s1. The minimum absolute atomic E-state index is 0.0219. The summed E-state index contributed by atoms with van der Waals surface area (Å²) in [5.41, 5.74) is 1.23. The Morgan fingerprint density at radius 2 is 1.92 bits per heavy atom. The highest BCUT2D eigenvalue weighted by Crippen LogP contribution is 2.38. The molecule has 1 saturated carbocycles. The van der Waals surface area contributed by atoms with Crippen LogP contribution in [-0.2, 0) is 15.9 Å². The number of likely N-dealkylation sites (N-methyl/N-ethyl adjacent to an activating group) is 1. The van der Waals surface area contributed by atoms with Crippen LogP contribution in [0.5, 0.6) is 5.88 Å². The number of pyridine rings is 1. The van der Waals surface area contributed by atoms with Crippen LogP contribution in [0.1, 0.15) is 48.9 Å². The summed E-state index contributed by atoms with van der Waals surface area (Å²) in [6.45, 7) is 2.52. The predicted octanol–water partition coefficient (Wildman–Crippen LogP) is 4.74. The smallest absolute Gasteiger partial charge is 0.270 e. The van der Waals surface area contributed by atoms with Gasteiger partial charge in [0.2, 0.25) is 5.88 Å². The Balaban J connectivity index is 1.48. The molecule has 0 bridgehead atoms. The topological polar surface area (TPSA) is 97.3 Å². The van der Waals surface area contributed by atoms with E-state index in [1.807, 2.05) is 20.2 Å². The highest BCUT2D eigenvalue weighted by Gasteiger charge is 2.35. The molecule has 1 aliphatic rings. The van der Waals surface area contributed by atoms with Gasteiger partial charge in [-0.1, -0.05) is 18.2 Å². The van der Waals surface area contributed by atoms with Gasteiger partial charge in [0.05, 0.1) is 5.69 Å². The van der Waals surface area contributed by atoms with Gasteiger partial charge in [0.15, 0.2) is 0 Å². The second-order valence-corrected chi connectivity index (χ2v) is 11.3. The minimum atomic E-state index is -3.89. The van der Waals surface area contributed by atoms with Crippen molar-refractivity contribution in [1.82, 2.24) is 19.9 Å². The first-order valence-electron chi connectivity index (χ1n) is 12.0. The van der Waals surface area contributed by atoms with E-state index in [1.165, 1.54) is 30.7 Å². The summed E-state index contributed by atoms with van der Waals surface area (Å²) >= 11 is 0. The lowest BCUT2D eigenvalue weighted by Crippen LogP contribution is -2.46. The van der Waals surface area contributed by atoms with Crippen molar-refractivity contribution in [3.05, 3.63) is 71.8 Å². The number of aryl methyl sites for hydroxylation is 1. The Kier molecular flexibility index (Phi) is 7.75. The van der Waals surface area contributed by atoms with Crippen LogP contribution in [0.3, 0.4) is 0 Å². The molecule has 198 valence electrons. The van der Waals surface area contributed by atoms with E-state index in [0.29, 0.717) is 18.0 Å². The average Bonchev–Trinajstić information content (AvgIpc) is 2.84. The zero-order chi connectivity index (χ0) is 26.8. The molecule has 11 heteroatoms. The van der Waals surface area contributed by atoms with Gasteiger partial charge in [-0.3, -0.25) is 4.72 Å². The number of nitrogens with one attached hydrogen (secondary N) is 1. The second kappa shape index (κ2) is 10.7. The van der Waals surface area contributed by atoms with E-state index in [2.05, 4.69) is 24.6 Å². The van der Waals surface area contributed by atoms with E-state index in [1.54, 1.807) is 25.1 Å². The third-order valence-corrected chi connectivity index (χ3v) is 8.17. The first kappa shape index (κ1) is 26.9. The van der Waals surface area contributed by atoms with Crippen LogP contribution in [0.15, 0.2) is 59.9 Å². The van der Waals surface area contributed by atoms with Crippen LogP contribution in [-0.4, -0.2) is 54.5 Å². The van der Waals surface area contributed by atoms with Crippen molar-refractivity contribution in [2.45, 2.75) is 62.0 Å². The first-order valence-corrected chi connectivity index (χ1v) is 13.5. The SMILES string of the molecule is Cc1nc(O[C@H]2CC[C@H](c3cccc(C(C)(F)F)c3)C[C@@H]2N(C)C)ccc1S(=O)(=O)Nc1ccncn1. The molecule has 0 saturated heterocycles. The van der Waals surface area contributed by atoms with Gasteiger partial charge in [-0.25, -0.2) is 32.2 Å². The van der Waals surface area contributed by atoms with Gasteiger partial charge in [-0.05, 0) is 70.0 Å². The molecule has 2 heterocycles. The number of ether oxygens (including phenoxy) is 1. The molecule has 1 aromatic carbocycles. The lowest BCUT2D eigenvalue weighted by Gasteiger charge is -2.39. The fourth-order valence-electron chi connectivity index (χ4n) is 4.74. The molecule has 0 spiro atoms. The molecule has 8 nitrogen and oxygen atoms in total. The molecule has 0 unspecified atom stereocenters. The second-order valence-electron chi connectivity index (χ2n) is 9.64. The minimum Gasteiger partial charge on any atom is -0.473 e. The number of hydrogen-bond acceptors (Lipinski definition) is 7. The molecule has 1 N–H and O–H groups in total. The number of nitrogens with zero attached hydrogens (tertiary/aromatic N) is 4. The largest absolute Gasteiger partial charge is 0.473 e. The molecular formula is C26H31F2N5O3S. The lowest BCUT2D eigenvalue weighted by atomic mass is 9.79. The Morgan fingerprint density at radius 1 is 1.14 bits per heavy atom. The lowest BCUT2D eigenvalue weighted by molar-refractivity contribution is 0.0172. The van der Waals surface area contributed by atoms with Gasteiger partial charge in [0, 0.05) is 30.8 Å². The molecule has 0 radical (unpaired) electrons. The maximum atomic E-state index is 13.9. The third-order valence-electron chi connectivity index (χ3n) is 6.68. The van der Waals surface area contributed by atoms with E-state index in [-0.39, 0.29) is 34.3 Å². The van der Waals surface area contributed by atoms with Gasteiger partial charge in [-0.2, -0.15) is 0 Å². The van der Waals surface area contributed by atoms with Gasteiger partial charge in [0.25, 0.3) is 15.9 Å². The van der Waals surface area contributed by atoms with Gasteiger partial charge in [-0.15, -0.1) is 0 Å². The number of sulfonamides is 1. The summed E-state index contributed by atoms with van der Waals surface area (Å²) in [6.07, 6.45) is 4.74. The summed E-state index contributed by atoms with van der Waals surface area (Å²) < 4.78 is 62.0. The number of rotatable bonds is 8. The number of anilines is 1. The first-order chi connectivity index (χ1) is 17.4. The van der Waals surface area contributed by atoms with Crippen molar-refractivity contribution in [3.63, 3.8) is 0 Å². The Morgan fingerprint density at radius 3 is 2.57 bits per heavy atom. The normalized spacial score (nSPS) is 20.6. The predicted molar refractivity (Wildman–Crippen MR) is 136 cm³/mol. The van der Waals surface area contributed by atoms with Crippen molar-refractivity contribution in [2.24, 2.45) is 0 Å². The molecule has 1 aliphatic carbocycles. The molecule has 0 amide bonds. The maximum absolute atomic E-state index is 13.9. The average molecular weight is 532 g/mol. The Labute approximate surface area is 216 Å². The monoisotopic (exact) mass is 531 g/mol. The highest BCUT2D eigenvalue weighted by atomic mass is 32.2. The molecule has 37 heavy (non-hydrogen) atoms. The summed E-state index contributed by atoms with van der Waals surface area (Å²) in [4.78, 5) is 14.2. The Hall–Kier alpha value is -3.18. The summed E-state index contributed by atoms with van der Waals surface area (Å²) in [5.74, 6) is -2.26. The van der Waals surface area contributed by atoms with Crippen LogP contribution >= 0.6 is 0 Å². The van der Waals surface area contributed by atoms with E-state index < -0.39 is 15.9 Å². The van der Waals surface area contributed by atoms with Crippen molar-refractivity contribution >= 4 is 15.8 Å². The Bertz CT molecular complexity index is 1330. The molecule has 4 rings (SSSR count). The van der Waals surface area contributed by atoms with Crippen molar-refractivity contribution in [2.75, 3.05) is 18.8 Å². The van der Waals surface area contributed by atoms with Gasteiger partial charge in [0.1, 0.15) is 23.1 Å². The molecular weight excluding hydrogens is 500 g/mol. The van der Waals surface area contributed by atoms with Crippen LogP contribution in [0.25, 0.3) is 0 Å². The maximum Gasteiger partial charge on any atom is 0.270 e. The fourth-order valence-corrected chi connectivity index (χ4v) is 5.93. The van der Waals surface area contributed by atoms with E-state index in [9.17, 15) is 17.2 Å². The molecule has 3 atom stereocenters. The number of halogens is 2. The van der Waals surface area contributed by atoms with Crippen molar-refractivity contribution < 1.29 is 21.9 Å². The zero-order valence-electron chi connectivity index (χ0n) is 21.2. The number of alkyl halides is 2. The van der Waals surface area contributed by atoms with Crippen LogP contribution in [0.4, 0.5) is 14.6 Å². The molecule has 2 aromatic heterocycles. The van der Waals surface area contributed by atoms with E-state index in [4.69, 9.17) is 4.74 Å². The van der Waals surface area contributed by atoms with Gasteiger partial charge >= 0.3 is 0 Å². The quantitative estimate of drug-likeness (QED) is 0.449. The molecule has 3 aromatic rings. The van der Waals surface area contributed by atoms with Crippen LogP contribution in [0, 0.1) is 6.92 Å². The molecule has 0 aliphatic heterocycles. The fraction of sp³-hybridized carbons (Fsp3) is 0.423. The summed E-state index contributed by atoms with van der Waals surface area (Å²) in [6, 6.07) is 11.2. The van der Waals surface area contributed by atoms with Crippen molar-refractivity contribution in [3.8, 4) is 5.88 Å². The third kappa shape index (κ3) is 6.40. The summed E-state index contributed by atoms with van der Waals surface area (Å²) in [5, 5.41) is 0. The van der Waals surface area contributed by atoms with E-state index in [0.717, 1.165) is 25.3 Å². The zero-order valence-corrected chi connectivity index (χ0v) is 22.0. The van der Waals surface area contributed by atoms with Crippen molar-refractivity contribution in [1.29, 1.82) is 0 Å².